The molecule has 3 unspecified atom stereocenters. The van der Waals surface area contributed by atoms with E-state index >= 15 is 0 Å². The highest BCUT2D eigenvalue weighted by molar-refractivity contribution is 8.00. The van der Waals surface area contributed by atoms with Crippen LogP contribution in [0, 0.1) is 11.8 Å². The molecule has 1 aliphatic heterocycles. The van der Waals surface area contributed by atoms with Crippen molar-refractivity contribution in [1.82, 2.24) is 19.7 Å². The van der Waals surface area contributed by atoms with Crippen molar-refractivity contribution < 1.29 is 4.79 Å². The molecule has 2 aromatic rings. The molecule has 1 aromatic carbocycles. The molecule has 1 aromatic heterocycles. The number of benzene rings is 1. The predicted octanol–water partition coefficient (Wildman–Crippen LogP) is 4.12. The van der Waals surface area contributed by atoms with Crippen LogP contribution in [-0.4, -0.2) is 43.9 Å². The SMILES string of the molecule is CC1CC(C)CN(C(=O)C(C)Sc2nnc(-c3ccccc3Cl)n2C)C1. The minimum absolute atomic E-state index is 0.177. The van der Waals surface area contributed by atoms with Crippen molar-refractivity contribution in [3.8, 4) is 11.4 Å². The Balaban J connectivity index is 1.73. The number of hydrogen-bond donors (Lipinski definition) is 0. The molecule has 0 radical (unpaired) electrons. The van der Waals surface area contributed by atoms with Gasteiger partial charge < -0.3 is 9.47 Å². The minimum Gasteiger partial charge on any atom is -0.341 e. The van der Waals surface area contributed by atoms with Crippen LogP contribution in [0.25, 0.3) is 11.4 Å². The number of carbonyl (C=O) groups is 1. The van der Waals surface area contributed by atoms with Gasteiger partial charge in [0.2, 0.25) is 5.91 Å². The lowest BCUT2D eigenvalue weighted by Crippen LogP contribution is -2.45. The van der Waals surface area contributed by atoms with Crippen LogP contribution < -0.4 is 0 Å². The summed E-state index contributed by atoms with van der Waals surface area (Å²) in [5.74, 6) is 2.00. The van der Waals surface area contributed by atoms with Gasteiger partial charge in [0.1, 0.15) is 0 Å². The molecule has 1 saturated heterocycles. The van der Waals surface area contributed by atoms with Crippen molar-refractivity contribution in [2.24, 2.45) is 18.9 Å². The van der Waals surface area contributed by atoms with Crippen molar-refractivity contribution in [2.75, 3.05) is 13.1 Å². The Kier molecular flexibility index (Phi) is 5.92. The summed E-state index contributed by atoms with van der Waals surface area (Å²) in [5, 5.41) is 9.72. The van der Waals surface area contributed by atoms with E-state index < -0.39 is 0 Å². The van der Waals surface area contributed by atoms with E-state index in [4.69, 9.17) is 11.6 Å². The number of rotatable bonds is 4. The first-order valence-electron chi connectivity index (χ1n) is 8.96. The maximum atomic E-state index is 12.9. The summed E-state index contributed by atoms with van der Waals surface area (Å²) in [6.45, 7) is 8.06. The van der Waals surface area contributed by atoms with Crippen LogP contribution in [0.1, 0.15) is 27.2 Å². The molecule has 1 fully saturated rings. The molecule has 140 valence electrons. The van der Waals surface area contributed by atoms with Gasteiger partial charge in [-0.15, -0.1) is 10.2 Å². The van der Waals surface area contributed by atoms with Gasteiger partial charge in [-0.1, -0.05) is 49.3 Å². The summed E-state index contributed by atoms with van der Waals surface area (Å²) in [6, 6.07) is 7.57. The number of thioether (sulfide) groups is 1. The summed E-state index contributed by atoms with van der Waals surface area (Å²) >= 11 is 7.73. The van der Waals surface area contributed by atoms with Crippen molar-refractivity contribution in [2.45, 2.75) is 37.6 Å². The molecule has 0 N–H and O–H groups in total. The maximum absolute atomic E-state index is 12.9. The van der Waals surface area contributed by atoms with Gasteiger partial charge in [-0.2, -0.15) is 0 Å². The Bertz CT molecular complexity index is 784. The lowest BCUT2D eigenvalue weighted by molar-refractivity contribution is -0.132. The second-order valence-electron chi connectivity index (χ2n) is 7.29. The minimum atomic E-state index is -0.200. The molecule has 3 rings (SSSR count). The maximum Gasteiger partial charge on any atom is 0.235 e. The lowest BCUT2D eigenvalue weighted by Gasteiger charge is -2.36. The lowest BCUT2D eigenvalue weighted by atomic mass is 9.92. The molecular weight excluding hydrogens is 368 g/mol. The molecule has 7 heteroatoms. The molecule has 3 atom stereocenters. The second-order valence-corrected chi connectivity index (χ2v) is 9.01. The van der Waals surface area contributed by atoms with Crippen LogP contribution in [0.4, 0.5) is 0 Å². The molecule has 0 saturated carbocycles. The van der Waals surface area contributed by atoms with E-state index in [1.807, 2.05) is 47.7 Å². The molecule has 1 amide bonds. The fourth-order valence-corrected chi connectivity index (χ4v) is 4.72. The highest BCUT2D eigenvalue weighted by Gasteiger charge is 2.29. The smallest absolute Gasteiger partial charge is 0.235 e. The Morgan fingerprint density at radius 1 is 1.23 bits per heavy atom. The monoisotopic (exact) mass is 392 g/mol. The predicted molar refractivity (Wildman–Crippen MR) is 106 cm³/mol. The number of aromatic nitrogens is 3. The third-order valence-corrected chi connectivity index (χ3v) is 6.21. The molecule has 0 aliphatic carbocycles. The normalized spacial score (nSPS) is 21.7. The van der Waals surface area contributed by atoms with Crippen molar-refractivity contribution in [3.63, 3.8) is 0 Å². The van der Waals surface area contributed by atoms with Gasteiger partial charge in [-0.3, -0.25) is 4.79 Å². The number of likely N-dealkylation sites (tertiary alicyclic amines) is 1. The van der Waals surface area contributed by atoms with Crippen molar-refractivity contribution >= 4 is 29.3 Å². The topological polar surface area (TPSA) is 51.0 Å². The first-order valence-corrected chi connectivity index (χ1v) is 10.2. The van der Waals surface area contributed by atoms with Crippen molar-refractivity contribution in [1.29, 1.82) is 0 Å². The van der Waals surface area contributed by atoms with Crippen LogP contribution in [0.3, 0.4) is 0 Å². The van der Waals surface area contributed by atoms with Crippen LogP contribution >= 0.6 is 23.4 Å². The fourth-order valence-electron chi connectivity index (χ4n) is 3.60. The third-order valence-electron chi connectivity index (χ3n) is 4.76. The zero-order chi connectivity index (χ0) is 18.8. The number of piperidine rings is 1. The standard InChI is InChI=1S/C19H25ClN4OS/c1-12-9-13(2)11-24(10-12)18(25)14(3)26-19-22-21-17(23(19)4)15-7-5-6-8-16(15)20/h5-8,12-14H,9-11H2,1-4H3. The van der Waals surface area contributed by atoms with E-state index in [-0.39, 0.29) is 11.2 Å². The Morgan fingerprint density at radius 2 is 1.88 bits per heavy atom. The molecule has 2 heterocycles. The summed E-state index contributed by atoms with van der Waals surface area (Å²) in [4.78, 5) is 14.9. The zero-order valence-corrected chi connectivity index (χ0v) is 17.2. The first kappa shape index (κ1) is 19.2. The Hall–Kier alpha value is -1.53. The summed E-state index contributed by atoms with van der Waals surface area (Å²) in [6.07, 6.45) is 1.19. The number of hydrogen-bond acceptors (Lipinski definition) is 4. The highest BCUT2D eigenvalue weighted by Crippen LogP contribution is 2.31. The van der Waals surface area contributed by atoms with Gasteiger partial charge >= 0.3 is 0 Å². The Labute approximate surface area is 164 Å². The average molecular weight is 393 g/mol. The summed E-state index contributed by atoms with van der Waals surface area (Å²) in [5.41, 5.74) is 0.841. The van der Waals surface area contributed by atoms with Crippen LogP contribution in [-0.2, 0) is 11.8 Å². The fraction of sp³-hybridized carbons (Fsp3) is 0.526. The third kappa shape index (κ3) is 4.07. The van der Waals surface area contributed by atoms with Crippen LogP contribution in [0.15, 0.2) is 29.4 Å². The van der Waals surface area contributed by atoms with Gasteiger partial charge in [0.15, 0.2) is 11.0 Å². The Morgan fingerprint density at radius 3 is 2.54 bits per heavy atom. The number of amides is 1. The summed E-state index contributed by atoms with van der Waals surface area (Å²) in [7, 11) is 1.91. The molecule has 0 bridgehead atoms. The van der Waals surface area contributed by atoms with E-state index in [1.165, 1.54) is 18.2 Å². The molecule has 26 heavy (non-hydrogen) atoms. The van der Waals surface area contributed by atoms with E-state index in [9.17, 15) is 4.79 Å². The van der Waals surface area contributed by atoms with Crippen LogP contribution in [0.5, 0.6) is 0 Å². The number of nitrogens with zero attached hydrogens (tertiary/aromatic N) is 4. The quantitative estimate of drug-likeness (QED) is 0.734. The molecule has 5 nitrogen and oxygen atoms in total. The molecule has 1 aliphatic rings. The second kappa shape index (κ2) is 8.01. The highest BCUT2D eigenvalue weighted by atomic mass is 35.5. The van der Waals surface area contributed by atoms with E-state index in [1.54, 1.807) is 0 Å². The van der Waals surface area contributed by atoms with Gasteiger partial charge in [0.25, 0.3) is 0 Å². The average Bonchev–Trinajstić information content (AvgIpc) is 2.94. The van der Waals surface area contributed by atoms with Gasteiger partial charge in [-0.25, -0.2) is 0 Å². The van der Waals surface area contributed by atoms with Crippen LogP contribution in [0.2, 0.25) is 5.02 Å². The number of halogens is 1. The van der Waals surface area contributed by atoms with Gasteiger partial charge in [-0.05, 0) is 37.3 Å². The zero-order valence-electron chi connectivity index (χ0n) is 15.6. The van der Waals surface area contributed by atoms with E-state index in [0.717, 1.165) is 23.8 Å². The first-order chi connectivity index (χ1) is 12.4. The molecular formula is C19H25ClN4OS. The van der Waals surface area contributed by atoms with Gasteiger partial charge in [0.05, 0.1) is 10.3 Å². The van der Waals surface area contributed by atoms with Crippen molar-refractivity contribution in [3.05, 3.63) is 29.3 Å². The summed E-state index contributed by atoms with van der Waals surface area (Å²) < 4.78 is 1.90. The number of carbonyl (C=O) groups excluding carboxylic acids is 1. The van der Waals surface area contributed by atoms with E-state index in [2.05, 4.69) is 24.0 Å². The van der Waals surface area contributed by atoms with E-state index in [0.29, 0.717) is 22.7 Å². The van der Waals surface area contributed by atoms with Gasteiger partial charge in [0, 0.05) is 25.7 Å². The largest absolute Gasteiger partial charge is 0.341 e. The molecule has 0 spiro atoms.